The van der Waals surface area contributed by atoms with Gasteiger partial charge < -0.3 is 20.5 Å². The fourth-order valence-electron chi connectivity index (χ4n) is 2.68. The standard InChI is InChI=1S/C13H10ClFN2O2.C8H8FNO2.C5H3ClIN/c1-19-13(18)9-5-4-8(7-10(9)15)17-11-3-2-6-16-12(11)14;1-12-8(11)6-3-2-5(10)4-7(6)9;6-5-4(7)2-1-3-8-5/h2-7,17H,1H3;2-4H,10H2,1H3;1-3H. The zero-order valence-electron chi connectivity index (χ0n) is 20.4. The summed E-state index contributed by atoms with van der Waals surface area (Å²) in [6, 6.07) is 15.1. The molecule has 0 aliphatic heterocycles. The van der Waals surface area contributed by atoms with Crippen molar-refractivity contribution in [3.05, 3.63) is 110 Å². The first-order valence-corrected chi connectivity index (χ1v) is 12.6. The molecule has 4 aromatic rings. The Morgan fingerprint density at radius 1 is 0.846 bits per heavy atom. The third-order valence-corrected chi connectivity index (χ3v) is 6.32. The summed E-state index contributed by atoms with van der Waals surface area (Å²) in [5.41, 5.74) is 6.34. The summed E-state index contributed by atoms with van der Waals surface area (Å²) in [6.45, 7) is 0. The van der Waals surface area contributed by atoms with Crippen molar-refractivity contribution >= 4 is 74.8 Å². The van der Waals surface area contributed by atoms with E-state index in [9.17, 15) is 18.4 Å². The van der Waals surface area contributed by atoms with E-state index in [2.05, 4.69) is 47.3 Å². The zero-order chi connectivity index (χ0) is 28.9. The number of benzene rings is 2. The second kappa shape index (κ2) is 15.8. The number of esters is 2. The predicted octanol–water partition coefficient (Wildman–Crippen LogP) is 6.94. The van der Waals surface area contributed by atoms with E-state index < -0.39 is 23.6 Å². The number of anilines is 3. The molecule has 0 amide bonds. The lowest BCUT2D eigenvalue weighted by atomic mass is 10.2. The molecule has 0 aliphatic rings. The molecule has 0 saturated heterocycles. The Balaban J connectivity index is 0.000000227. The van der Waals surface area contributed by atoms with Gasteiger partial charge in [-0.25, -0.2) is 28.3 Å². The molecule has 0 saturated carbocycles. The highest BCUT2D eigenvalue weighted by Crippen LogP contribution is 2.24. The molecule has 0 unspecified atom stereocenters. The minimum Gasteiger partial charge on any atom is -0.465 e. The number of pyridine rings is 2. The van der Waals surface area contributed by atoms with Gasteiger partial charge >= 0.3 is 11.9 Å². The van der Waals surface area contributed by atoms with Crippen molar-refractivity contribution in [2.45, 2.75) is 0 Å². The number of aromatic nitrogens is 2. The Morgan fingerprint density at radius 3 is 1.85 bits per heavy atom. The van der Waals surface area contributed by atoms with Gasteiger partial charge in [0.05, 0.1) is 34.6 Å². The number of carbonyl (C=O) groups is 2. The van der Waals surface area contributed by atoms with Crippen LogP contribution in [0.3, 0.4) is 0 Å². The van der Waals surface area contributed by atoms with Gasteiger partial charge in [-0.05, 0) is 83.3 Å². The molecule has 3 N–H and O–H groups in total. The molecular weight excluding hydrogens is 668 g/mol. The van der Waals surface area contributed by atoms with Crippen molar-refractivity contribution in [3.63, 3.8) is 0 Å². The average Bonchev–Trinajstić information content (AvgIpc) is 2.92. The normalized spacial score (nSPS) is 9.72. The van der Waals surface area contributed by atoms with Crippen molar-refractivity contribution in [1.82, 2.24) is 9.97 Å². The zero-order valence-corrected chi connectivity index (χ0v) is 24.1. The number of ether oxygens (including phenoxy) is 2. The summed E-state index contributed by atoms with van der Waals surface area (Å²) in [5, 5.41) is 3.77. The summed E-state index contributed by atoms with van der Waals surface area (Å²) in [7, 11) is 2.39. The molecule has 0 bridgehead atoms. The first-order chi connectivity index (χ1) is 18.6. The molecule has 0 aliphatic carbocycles. The van der Waals surface area contributed by atoms with Crippen molar-refractivity contribution in [1.29, 1.82) is 0 Å². The Hall–Kier alpha value is -3.55. The number of methoxy groups -OCH3 is 2. The predicted molar refractivity (Wildman–Crippen MR) is 154 cm³/mol. The van der Waals surface area contributed by atoms with Gasteiger partial charge in [-0.2, -0.15) is 0 Å². The maximum Gasteiger partial charge on any atom is 0.340 e. The van der Waals surface area contributed by atoms with Crippen LogP contribution in [0.15, 0.2) is 73.1 Å². The van der Waals surface area contributed by atoms with Crippen LogP contribution in [0.5, 0.6) is 0 Å². The number of nitrogen functional groups attached to an aromatic ring is 1. The molecule has 39 heavy (non-hydrogen) atoms. The van der Waals surface area contributed by atoms with Gasteiger partial charge in [0.15, 0.2) is 5.15 Å². The van der Waals surface area contributed by atoms with Crippen LogP contribution in [-0.2, 0) is 9.47 Å². The smallest absolute Gasteiger partial charge is 0.340 e. The fraction of sp³-hybridized carbons (Fsp3) is 0.0769. The van der Waals surface area contributed by atoms with Crippen molar-refractivity contribution in [3.8, 4) is 0 Å². The second-order valence-electron chi connectivity index (χ2n) is 7.16. The van der Waals surface area contributed by atoms with Crippen LogP contribution < -0.4 is 11.1 Å². The molecule has 0 atom stereocenters. The second-order valence-corrected chi connectivity index (χ2v) is 9.04. The lowest BCUT2D eigenvalue weighted by Gasteiger charge is -2.08. The van der Waals surface area contributed by atoms with Crippen LogP contribution in [0.1, 0.15) is 20.7 Å². The van der Waals surface area contributed by atoms with Gasteiger partial charge in [-0.3, -0.25) is 0 Å². The van der Waals surface area contributed by atoms with Crippen molar-refractivity contribution < 1.29 is 27.8 Å². The molecule has 0 fully saturated rings. The molecule has 2 aromatic heterocycles. The molecule has 204 valence electrons. The SMILES string of the molecule is COC(=O)c1ccc(N)cc1F.COC(=O)c1ccc(Nc2cccnc2Cl)cc1F.Clc1ncccc1I. The number of nitrogens with zero attached hydrogens (tertiary/aromatic N) is 2. The topological polar surface area (TPSA) is 116 Å². The summed E-state index contributed by atoms with van der Waals surface area (Å²) in [6.07, 6.45) is 3.22. The number of halogens is 5. The van der Waals surface area contributed by atoms with E-state index in [0.717, 1.165) is 9.64 Å². The maximum atomic E-state index is 13.7. The first-order valence-electron chi connectivity index (χ1n) is 10.7. The molecule has 2 aromatic carbocycles. The minimum atomic E-state index is -0.719. The van der Waals surface area contributed by atoms with Crippen LogP contribution in [0.2, 0.25) is 10.3 Å². The fourth-order valence-corrected chi connectivity index (χ4v) is 3.31. The first kappa shape index (κ1) is 31.7. The third kappa shape index (κ3) is 9.93. The highest BCUT2D eigenvalue weighted by atomic mass is 127. The molecule has 0 spiro atoms. The minimum absolute atomic E-state index is 0.105. The van der Waals surface area contributed by atoms with Gasteiger partial charge in [0, 0.05) is 23.8 Å². The van der Waals surface area contributed by atoms with Gasteiger partial charge in [-0.1, -0.05) is 23.2 Å². The van der Waals surface area contributed by atoms with E-state index in [1.165, 1.54) is 38.5 Å². The number of rotatable bonds is 4. The van der Waals surface area contributed by atoms with Gasteiger partial charge in [0.25, 0.3) is 0 Å². The van der Waals surface area contributed by atoms with Crippen LogP contribution in [0.25, 0.3) is 0 Å². The Morgan fingerprint density at radius 2 is 1.38 bits per heavy atom. The Kier molecular flexibility index (Phi) is 12.8. The number of hydrogen-bond acceptors (Lipinski definition) is 8. The number of nitrogens with one attached hydrogen (secondary N) is 1. The molecule has 0 radical (unpaired) electrons. The summed E-state index contributed by atoms with van der Waals surface area (Å²) in [4.78, 5) is 29.8. The quantitative estimate of drug-likeness (QED) is 0.103. The van der Waals surface area contributed by atoms with E-state index in [1.54, 1.807) is 30.6 Å². The van der Waals surface area contributed by atoms with E-state index in [4.69, 9.17) is 28.9 Å². The largest absolute Gasteiger partial charge is 0.465 e. The highest BCUT2D eigenvalue weighted by Gasteiger charge is 2.13. The van der Waals surface area contributed by atoms with Crippen molar-refractivity contribution in [2.75, 3.05) is 25.3 Å². The molecule has 13 heteroatoms. The summed E-state index contributed by atoms with van der Waals surface area (Å²) in [5.74, 6) is -2.75. The molecule has 4 rings (SSSR count). The van der Waals surface area contributed by atoms with E-state index in [1.807, 2.05) is 12.1 Å². The molecule has 2 heterocycles. The highest BCUT2D eigenvalue weighted by molar-refractivity contribution is 14.1. The Labute approximate surface area is 246 Å². The van der Waals surface area contributed by atoms with Crippen molar-refractivity contribution in [2.24, 2.45) is 0 Å². The van der Waals surface area contributed by atoms with Gasteiger partial charge in [0.1, 0.15) is 16.8 Å². The summed E-state index contributed by atoms with van der Waals surface area (Å²) >= 11 is 13.6. The lowest BCUT2D eigenvalue weighted by Crippen LogP contribution is -2.04. The monoisotopic (exact) mass is 688 g/mol. The summed E-state index contributed by atoms with van der Waals surface area (Å²) < 4.78 is 36.4. The van der Waals surface area contributed by atoms with Crippen LogP contribution in [0.4, 0.5) is 25.8 Å². The maximum absolute atomic E-state index is 13.7. The Bertz CT molecular complexity index is 1430. The lowest BCUT2D eigenvalue weighted by molar-refractivity contribution is 0.0586. The van der Waals surface area contributed by atoms with Crippen LogP contribution >= 0.6 is 45.8 Å². The van der Waals surface area contributed by atoms with E-state index in [0.29, 0.717) is 16.5 Å². The third-order valence-electron chi connectivity index (χ3n) is 4.52. The molecular formula is C26H21Cl2F2IN4O4. The van der Waals surface area contributed by atoms with E-state index >= 15 is 0 Å². The van der Waals surface area contributed by atoms with Crippen LogP contribution in [-0.4, -0.2) is 36.1 Å². The number of carbonyl (C=O) groups excluding carboxylic acids is 2. The molecule has 8 nitrogen and oxygen atoms in total. The average molecular weight is 689 g/mol. The number of hydrogen-bond donors (Lipinski definition) is 2. The van der Waals surface area contributed by atoms with Gasteiger partial charge in [-0.15, -0.1) is 0 Å². The van der Waals surface area contributed by atoms with Crippen LogP contribution in [0, 0.1) is 15.2 Å². The number of nitrogens with two attached hydrogens (primary N) is 1. The van der Waals surface area contributed by atoms with E-state index in [-0.39, 0.29) is 22.0 Å². The van der Waals surface area contributed by atoms with Gasteiger partial charge in [0.2, 0.25) is 0 Å².